The number of H-pyrrole nitrogens is 1. The molecule has 3 heterocycles. The van der Waals surface area contributed by atoms with Gasteiger partial charge in [-0.25, -0.2) is 0 Å². The number of rotatable bonds is 4. The molecule has 0 radical (unpaired) electrons. The second kappa shape index (κ2) is 6.35. The van der Waals surface area contributed by atoms with Crippen LogP contribution in [-0.4, -0.2) is 38.6 Å². The zero-order valence-electron chi connectivity index (χ0n) is 17.2. The minimum atomic E-state index is -0.498. The zero-order valence-corrected chi connectivity index (χ0v) is 17.2. The number of aromatic nitrogens is 1. The van der Waals surface area contributed by atoms with E-state index in [0.29, 0.717) is 18.3 Å². The van der Waals surface area contributed by atoms with Crippen molar-refractivity contribution in [2.24, 2.45) is 5.92 Å². The van der Waals surface area contributed by atoms with E-state index >= 15 is 0 Å². The Morgan fingerprint density at radius 2 is 1.89 bits per heavy atom. The molecular weight excluding hydrogens is 348 g/mol. The Bertz CT molecular complexity index is 898. The summed E-state index contributed by atoms with van der Waals surface area (Å²) in [4.78, 5) is 18.9. The highest BCUT2D eigenvalue weighted by Gasteiger charge is 2.54. The van der Waals surface area contributed by atoms with E-state index in [4.69, 9.17) is 0 Å². The zero-order chi connectivity index (χ0) is 19.6. The first-order chi connectivity index (χ1) is 13.3. The van der Waals surface area contributed by atoms with Crippen LogP contribution in [0.2, 0.25) is 0 Å². The molecule has 4 aliphatic rings. The van der Waals surface area contributed by atoms with E-state index in [1.165, 1.54) is 16.5 Å². The number of benzene rings is 1. The molecule has 2 saturated heterocycles. The van der Waals surface area contributed by atoms with Crippen LogP contribution in [0.3, 0.4) is 0 Å². The number of piperidine rings is 2. The molecule has 28 heavy (non-hydrogen) atoms. The molecule has 4 nitrogen and oxygen atoms in total. The molecule has 4 fully saturated rings. The van der Waals surface area contributed by atoms with Gasteiger partial charge >= 0.3 is 0 Å². The summed E-state index contributed by atoms with van der Waals surface area (Å²) in [6, 6.07) is 6.95. The van der Waals surface area contributed by atoms with Gasteiger partial charge in [0.15, 0.2) is 0 Å². The first-order valence-corrected chi connectivity index (χ1v) is 11.0. The normalized spacial score (nSPS) is 32.5. The maximum absolute atomic E-state index is 13.3. The van der Waals surface area contributed by atoms with Crippen molar-refractivity contribution in [2.75, 3.05) is 0 Å². The lowest BCUT2D eigenvalue weighted by Crippen LogP contribution is -2.65. The molecule has 4 bridgehead atoms. The summed E-state index contributed by atoms with van der Waals surface area (Å²) in [6.07, 6.45) is 7.34. The second-order valence-corrected chi connectivity index (χ2v) is 10.1. The highest BCUT2D eigenvalue weighted by atomic mass is 16.3. The van der Waals surface area contributed by atoms with Crippen LogP contribution in [0.4, 0.5) is 0 Å². The molecular formula is C24H32N2O2. The number of aliphatic hydroxyl groups is 1. The number of hydrogen-bond acceptors (Lipinski definition) is 2. The third kappa shape index (κ3) is 2.80. The number of nitrogens with one attached hydrogen (secondary N) is 1. The summed E-state index contributed by atoms with van der Waals surface area (Å²) in [5.41, 5.74) is 3.28. The van der Waals surface area contributed by atoms with Crippen LogP contribution in [0.15, 0.2) is 24.4 Å². The van der Waals surface area contributed by atoms with Gasteiger partial charge in [-0.15, -0.1) is 0 Å². The number of amides is 1. The van der Waals surface area contributed by atoms with Crippen molar-refractivity contribution in [3.05, 3.63) is 35.5 Å². The van der Waals surface area contributed by atoms with E-state index in [1.807, 2.05) is 0 Å². The average Bonchev–Trinajstić information content (AvgIpc) is 3.03. The Kier molecular flexibility index (Phi) is 4.13. The fraction of sp³-hybridized carbons (Fsp3) is 0.625. The van der Waals surface area contributed by atoms with E-state index in [2.05, 4.69) is 55.1 Å². The fourth-order valence-corrected chi connectivity index (χ4v) is 6.58. The number of nitrogens with zero attached hydrogens (tertiary/aromatic N) is 1. The Balaban J connectivity index is 1.39. The summed E-state index contributed by atoms with van der Waals surface area (Å²) in [5, 5.41) is 12.1. The molecule has 0 spiro atoms. The van der Waals surface area contributed by atoms with Crippen molar-refractivity contribution in [1.82, 2.24) is 9.88 Å². The van der Waals surface area contributed by atoms with Crippen molar-refractivity contribution in [3.8, 4) is 0 Å². The number of carbonyl (C=O) groups is 1. The largest absolute Gasteiger partial charge is 0.390 e. The maximum atomic E-state index is 13.3. The van der Waals surface area contributed by atoms with Crippen LogP contribution in [0.25, 0.3) is 10.9 Å². The monoisotopic (exact) mass is 380 g/mol. The summed E-state index contributed by atoms with van der Waals surface area (Å²) < 4.78 is 0. The second-order valence-electron chi connectivity index (χ2n) is 10.1. The van der Waals surface area contributed by atoms with Gasteiger partial charge in [0.25, 0.3) is 0 Å². The van der Waals surface area contributed by atoms with Crippen LogP contribution >= 0.6 is 0 Å². The predicted octanol–water partition coefficient (Wildman–Crippen LogP) is 4.69. The number of carbonyl (C=O) groups excluding carboxylic acids is 1. The lowest BCUT2D eigenvalue weighted by Gasteiger charge is -2.59. The third-order valence-corrected chi connectivity index (χ3v) is 7.59. The number of fused-ring (bicyclic) bond motifs is 1. The molecule has 2 aliphatic carbocycles. The standard InChI is InChI=1S/C24H32N2O2/c1-14(2)19-5-4-6-21-23(19)20(13-25-21)15(3)7-22(27)26-17-8-16-9-18(26)12-24(28,10-16)11-17/h4-6,13-18,25,28H,7-12H2,1-3H3. The van der Waals surface area contributed by atoms with Gasteiger partial charge in [-0.05, 0) is 67.1 Å². The first-order valence-electron chi connectivity index (χ1n) is 11.0. The first kappa shape index (κ1) is 18.2. The quantitative estimate of drug-likeness (QED) is 0.808. The molecule has 2 saturated carbocycles. The molecule has 2 aliphatic heterocycles. The Hall–Kier alpha value is -1.81. The molecule has 2 N–H and O–H groups in total. The van der Waals surface area contributed by atoms with E-state index in [-0.39, 0.29) is 23.9 Å². The Morgan fingerprint density at radius 3 is 2.54 bits per heavy atom. The number of hydrogen-bond donors (Lipinski definition) is 2. The van der Waals surface area contributed by atoms with Gasteiger partial charge in [0.2, 0.25) is 5.91 Å². The molecule has 3 unspecified atom stereocenters. The van der Waals surface area contributed by atoms with Gasteiger partial charge in [-0.3, -0.25) is 4.79 Å². The van der Waals surface area contributed by atoms with Gasteiger partial charge in [-0.1, -0.05) is 32.9 Å². The molecule has 2 aromatic rings. The van der Waals surface area contributed by atoms with Crippen LogP contribution < -0.4 is 0 Å². The Labute approximate surface area is 167 Å². The molecule has 1 amide bonds. The molecule has 1 aromatic carbocycles. The molecule has 6 rings (SSSR count). The van der Waals surface area contributed by atoms with Gasteiger partial charge in [0, 0.05) is 35.6 Å². The van der Waals surface area contributed by atoms with E-state index in [0.717, 1.165) is 37.6 Å². The fourth-order valence-electron chi connectivity index (χ4n) is 6.58. The van der Waals surface area contributed by atoms with Crippen LogP contribution in [0.5, 0.6) is 0 Å². The molecule has 1 aromatic heterocycles. The van der Waals surface area contributed by atoms with Gasteiger partial charge in [0.1, 0.15) is 0 Å². The minimum Gasteiger partial charge on any atom is -0.390 e. The van der Waals surface area contributed by atoms with Crippen molar-refractivity contribution in [1.29, 1.82) is 0 Å². The SMILES string of the molecule is CC(C)c1cccc2[nH]cc(C(C)CC(=O)N3C4CC5CC3CC(O)(C5)C4)c12. The molecule has 150 valence electrons. The van der Waals surface area contributed by atoms with Crippen molar-refractivity contribution in [2.45, 2.75) is 88.8 Å². The highest BCUT2D eigenvalue weighted by Crippen LogP contribution is 2.51. The lowest BCUT2D eigenvalue weighted by atomic mass is 9.61. The van der Waals surface area contributed by atoms with Crippen LogP contribution in [0, 0.1) is 5.92 Å². The minimum absolute atomic E-state index is 0.182. The van der Waals surface area contributed by atoms with Crippen molar-refractivity contribution < 1.29 is 9.90 Å². The van der Waals surface area contributed by atoms with E-state index < -0.39 is 5.60 Å². The summed E-state index contributed by atoms with van der Waals surface area (Å²) in [7, 11) is 0. The smallest absolute Gasteiger partial charge is 0.223 e. The molecule has 4 heteroatoms. The lowest BCUT2D eigenvalue weighted by molar-refractivity contribution is -0.174. The summed E-state index contributed by atoms with van der Waals surface area (Å²) in [5.74, 6) is 1.53. The van der Waals surface area contributed by atoms with Gasteiger partial charge in [-0.2, -0.15) is 0 Å². The van der Waals surface area contributed by atoms with Crippen molar-refractivity contribution in [3.63, 3.8) is 0 Å². The van der Waals surface area contributed by atoms with E-state index in [9.17, 15) is 9.90 Å². The number of aromatic amines is 1. The van der Waals surface area contributed by atoms with Crippen LogP contribution in [-0.2, 0) is 4.79 Å². The maximum Gasteiger partial charge on any atom is 0.223 e. The van der Waals surface area contributed by atoms with Gasteiger partial charge < -0.3 is 15.0 Å². The van der Waals surface area contributed by atoms with Gasteiger partial charge in [0.05, 0.1) is 5.60 Å². The Morgan fingerprint density at radius 1 is 1.18 bits per heavy atom. The summed E-state index contributed by atoms with van der Waals surface area (Å²) in [6.45, 7) is 6.64. The average molecular weight is 381 g/mol. The van der Waals surface area contributed by atoms with Crippen LogP contribution in [0.1, 0.15) is 82.3 Å². The topological polar surface area (TPSA) is 56.3 Å². The predicted molar refractivity (Wildman–Crippen MR) is 111 cm³/mol. The molecule has 3 atom stereocenters. The highest BCUT2D eigenvalue weighted by molar-refractivity contribution is 5.88. The third-order valence-electron chi connectivity index (χ3n) is 7.59. The van der Waals surface area contributed by atoms with Crippen molar-refractivity contribution >= 4 is 16.8 Å². The summed E-state index contributed by atoms with van der Waals surface area (Å²) >= 11 is 0. The van der Waals surface area contributed by atoms with E-state index in [1.54, 1.807) is 0 Å².